The molecule has 2 aliphatic rings. The Morgan fingerprint density at radius 2 is 1.76 bits per heavy atom. The Bertz CT molecular complexity index is 1380. The molecule has 2 aromatic heterocycles. The summed E-state index contributed by atoms with van der Waals surface area (Å²) >= 11 is 0. The van der Waals surface area contributed by atoms with Crippen molar-refractivity contribution in [3.63, 3.8) is 0 Å². The monoisotopic (exact) mass is 595 g/mol. The number of benzene rings is 1. The SMILES string of the molecule is CC.COc1cccc(OC)c1-n1c(NS(=O)(=O)[C@H]2C[C@H](OC)CN(c3ncc(F)cn3)C2)nnc1[C@@H]1CCCO1.[HH]. The summed E-state index contributed by atoms with van der Waals surface area (Å²) < 4.78 is 67.8. The number of hydrogen-bond donors (Lipinski definition) is 1. The molecule has 0 radical (unpaired) electrons. The molecular weight excluding hydrogens is 557 g/mol. The number of methoxy groups -OCH3 is 3. The Kier molecular flexibility index (Phi) is 9.94. The lowest BCUT2D eigenvalue weighted by atomic mass is 10.1. The van der Waals surface area contributed by atoms with E-state index >= 15 is 0 Å². The second-order valence-corrected chi connectivity index (χ2v) is 11.2. The number of piperidine rings is 1. The van der Waals surface area contributed by atoms with Gasteiger partial charge in [0, 0.05) is 28.2 Å². The summed E-state index contributed by atoms with van der Waals surface area (Å²) in [4.78, 5) is 9.68. The molecule has 2 fully saturated rings. The molecule has 0 spiro atoms. The van der Waals surface area contributed by atoms with Crippen molar-refractivity contribution >= 4 is 21.9 Å². The highest BCUT2D eigenvalue weighted by Crippen LogP contribution is 2.39. The van der Waals surface area contributed by atoms with Gasteiger partial charge in [0.15, 0.2) is 11.6 Å². The molecule has 0 unspecified atom stereocenters. The lowest BCUT2D eigenvalue weighted by molar-refractivity contribution is 0.0898. The molecule has 0 amide bonds. The van der Waals surface area contributed by atoms with Gasteiger partial charge < -0.3 is 23.8 Å². The Hall–Kier alpha value is -3.56. The number of nitrogens with zero attached hydrogens (tertiary/aromatic N) is 6. The minimum absolute atomic E-state index is 0. The van der Waals surface area contributed by atoms with E-state index in [4.69, 9.17) is 18.9 Å². The van der Waals surface area contributed by atoms with E-state index in [0.29, 0.717) is 42.6 Å². The van der Waals surface area contributed by atoms with Crippen molar-refractivity contribution in [3.05, 3.63) is 42.2 Å². The molecule has 3 aromatic rings. The van der Waals surface area contributed by atoms with E-state index in [1.54, 1.807) is 27.7 Å². The van der Waals surface area contributed by atoms with Crippen molar-refractivity contribution in [2.75, 3.05) is 50.6 Å². The van der Waals surface area contributed by atoms with Gasteiger partial charge in [-0.3, -0.25) is 9.29 Å². The van der Waals surface area contributed by atoms with Crippen LogP contribution in [0.4, 0.5) is 16.3 Å². The highest BCUT2D eigenvalue weighted by Gasteiger charge is 2.38. The molecule has 13 nitrogen and oxygen atoms in total. The molecule has 1 N–H and O–H groups in total. The second kappa shape index (κ2) is 13.4. The second-order valence-electron chi connectivity index (χ2n) is 9.20. The van der Waals surface area contributed by atoms with E-state index in [1.165, 1.54) is 21.3 Å². The first-order chi connectivity index (χ1) is 19.8. The van der Waals surface area contributed by atoms with Crippen molar-refractivity contribution in [2.45, 2.75) is 50.6 Å². The minimum Gasteiger partial charge on any atom is -0.494 e. The van der Waals surface area contributed by atoms with Crippen molar-refractivity contribution in [1.29, 1.82) is 0 Å². The first-order valence-corrected chi connectivity index (χ1v) is 14.9. The molecule has 3 atom stereocenters. The van der Waals surface area contributed by atoms with Crippen molar-refractivity contribution in [3.8, 4) is 17.2 Å². The highest BCUT2D eigenvalue weighted by molar-refractivity contribution is 7.93. The molecule has 0 aliphatic carbocycles. The fraction of sp³-hybridized carbons (Fsp3) is 0.538. The summed E-state index contributed by atoms with van der Waals surface area (Å²) in [5, 5.41) is 7.60. The number of halogens is 1. The normalized spacial score (nSPS) is 20.7. The van der Waals surface area contributed by atoms with Crippen LogP contribution in [0.1, 0.15) is 46.5 Å². The van der Waals surface area contributed by atoms with E-state index < -0.39 is 27.2 Å². The number of ether oxygens (including phenoxy) is 4. The van der Waals surface area contributed by atoms with E-state index in [9.17, 15) is 12.8 Å². The van der Waals surface area contributed by atoms with Crippen molar-refractivity contribution in [2.24, 2.45) is 0 Å². The van der Waals surface area contributed by atoms with Gasteiger partial charge in [0.2, 0.25) is 21.9 Å². The topological polar surface area (TPSA) is 143 Å². The summed E-state index contributed by atoms with van der Waals surface area (Å²) in [5.41, 5.74) is 0.440. The molecule has 1 aromatic carbocycles. The predicted octanol–water partition coefficient (Wildman–Crippen LogP) is 3.37. The van der Waals surface area contributed by atoms with Crippen LogP contribution in [0.5, 0.6) is 11.5 Å². The number of nitrogens with one attached hydrogen (secondary N) is 1. The maximum Gasteiger partial charge on any atom is 0.243 e. The smallest absolute Gasteiger partial charge is 0.243 e. The van der Waals surface area contributed by atoms with Crippen LogP contribution in [0.15, 0.2) is 30.6 Å². The van der Waals surface area contributed by atoms with Crippen LogP contribution in [0.2, 0.25) is 0 Å². The fourth-order valence-corrected chi connectivity index (χ4v) is 6.27. The lowest BCUT2D eigenvalue weighted by Gasteiger charge is -2.36. The molecule has 15 heteroatoms. The number of hydrogen-bond acceptors (Lipinski definition) is 11. The van der Waals surface area contributed by atoms with E-state index in [-0.39, 0.29) is 32.4 Å². The Morgan fingerprint density at radius 1 is 1.07 bits per heavy atom. The van der Waals surface area contributed by atoms with Crippen LogP contribution in [0.3, 0.4) is 0 Å². The third-order valence-corrected chi connectivity index (χ3v) is 8.49. The zero-order valence-corrected chi connectivity index (χ0v) is 24.6. The van der Waals surface area contributed by atoms with Crippen LogP contribution >= 0.6 is 0 Å². The Morgan fingerprint density at radius 3 is 2.34 bits per heavy atom. The van der Waals surface area contributed by atoms with E-state index in [1.807, 2.05) is 13.8 Å². The number of anilines is 2. The summed E-state index contributed by atoms with van der Waals surface area (Å²) in [5.74, 6) is 0.885. The number of sulfonamides is 1. The van der Waals surface area contributed by atoms with Crippen molar-refractivity contribution < 1.29 is 33.2 Å². The third kappa shape index (κ3) is 6.52. The summed E-state index contributed by atoms with van der Waals surface area (Å²) in [7, 11) is 0.476. The average molecular weight is 596 g/mol. The first-order valence-electron chi connectivity index (χ1n) is 13.4. The van der Waals surface area contributed by atoms with Gasteiger partial charge in [0.25, 0.3) is 0 Å². The third-order valence-electron chi connectivity index (χ3n) is 6.80. The molecule has 5 rings (SSSR count). The predicted molar refractivity (Wildman–Crippen MR) is 152 cm³/mol. The summed E-state index contributed by atoms with van der Waals surface area (Å²) in [6, 6.07) is 5.24. The minimum atomic E-state index is -4.06. The molecule has 4 heterocycles. The Balaban J connectivity index is 0.00000158. The molecule has 0 saturated carbocycles. The molecule has 0 bridgehead atoms. The van der Waals surface area contributed by atoms with Gasteiger partial charge in [-0.25, -0.2) is 22.8 Å². The molecule has 226 valence electrons. The van der Waals surface area contributed by atoms with Gasteiger partial charge in [-0.1, -0.05) is 19.9 Å². The largest absolute Gasteiger partial charge is 0.494 e. The van der Waals surface area contributed by atoms with Crippen LogP contribution < -0.4 is 19.1 Å². The molecule has 2 saturated heterocycles. The number of aromatic nitrogens is 5. The first kappa shape index (κ1) is 30.4. The van der Waals surface area contributed by atoms with Gasteiger partial charge in [-0.2, -0.15) is 0 Å². The molecule has 41 heavy (non-hydrogen) atoms. The molecule has 2 aliphatic heterocycles. The number of para-hydroxylation sites is 1. The fourth-order valence-electron chi connectivity index (χ4n) is 4.87. The van der Waals surface area contributed by atoms with Crippen LogP contribution in [0, 0.1) is 5.82 Å². The van der Waals surface area contributed by atoms with Crippen LogP contribution in [-0.2, 0) is 19.5 Å². The zero-order valence-electron chi connectivity index (χ0n) is 23.8. The molecular formula is C26H38FN7O6S. The zero-order chi connectivity index (χ0) is 29.6. The summed E-state index contributed by atoms with van der Waals surface area (Å²) in [6.07, 6.45) is 3.02. The van der Waals surface area contributed by atoms with E-state index in [0.717, 1.165) is 18.8 Å². The standard InChI is InChI=1S/C24H30FN7O6S.C2H6.H2/c1-35-16-10-17(14-31(13-16)23-26-11-15(25)12-27-23)39(33,34)30-24-29-28-22(20-8-5-9-38-20)32(24)21-18(36-2)6-4-7-19(21)37-3;1-2;/h4,6-7,11-12,16-17,20H,5,8-10,13-14H2,1-3H3,(H,29,30);1-2H3;1H/t16-,17-,20-;;/m0../s1. The Labute approximate surface area is 240 Å². The quantitative estimate of drug-likeness (QED) is 0.389. The van der Waals surface area contributed by atoms with Crippen LogP contribution in [0.25, 0.3) is 5.69 Å². The van der Waals surface area contributed by atoms with Gasteiger partial charge in [-0.05, 0) is 31.4 Å². The summed E-state index contributed by atoms with van der Waals surface area (Å²) in [6.45, 7) is 4.97. The average Bonchev–Trinajstić information content (AvgIpc) is 3.68. The van der Waals surface area contributed by atoms with E-state index in [2.05, 4.69) is 24.9 Å². The maximum atomic E-state index is 13.8. The van der Waals surface area contributed by atoms with Gasteiger partial charge in [-0.15, -0.1) is 10.2 Å². The highest BCUT2D eigenvalue weighted by atomic mass is 32.2. The van der Waals surface area contributed by atoms with Gasteiger partial charge in [0.1, 0.15) is 28.5 Å². The van der Waals surface area contributed by atoms with Gasteiger partial charge in [0.05, 0.1) is 32.7 Å². The lowest BCUT2D eigenvalue weighted by Crippen LogP contribution is -2.51. The van der Waals surface area contributed by atoms with Crippen LogP contribution in [-0.4, -0.2) is 85.5 Å². The van der Waals surface area contributed by atoms with Crippen molar-refractivity contribution in [1.82, 2.24) is 24.7 Å². The number of rotatable bonds is 9. The van der Waals surface area contributed by atoms with Gasteiger partial charge >= 0.3 is 0 Å². The maximum absolute atomic E-state index is 13.8.